The largest absolute Gasteiger partial charge is 0.394 e. The van der Waals surface area contributed by atoms with Crippen LogP contribution in [0.25, 0.3) is 22.6 Å². The number of aliphatic hydroxyl groups is 1. The normalized spacial score (nSPS) is 17.2. The molecule has 174 valence electrons. The molecule has 0 spiro atoms. The average Bonchev–Trinajstić information content (AvgIpc) is 3.28. The summed E-state index contributed by atoms with van der Waals surface area (Å²) >= 11 is 0. The van der Waals surface area contributed by atoms with Crippen molar-refractivity contribution in [3.8, 4) is 11.5 Å². The molecular formula is C22H19F2N7O3. The third-order valence-corrected chi connectivity index (χ3v) is 5.60. The quantitative estimate of drug-likeness (QED) is 0.391. The van der Waals surface area contributed by atoms with Crippen molar-refractivity contribution in [3.05, 3.63) is 59.3 Å². The molecule has 0 saturated heterocycles. The van der Waals surface area contributed by atoms with Crippen molar-refractivity contribution < 1.29 is 23.4 Å². The lowest BCUT2D eigenvalue weighted by atomic mass is 9.99. The van der Waals surface area contributed by atoms with Gasteiger partial charge < -0.3 is 20.9 Å². The van der Waals surface area contributed by atoms with Gasteiger partial charge in [0.2, 0.25) is 0 Å². The summed E-state index contributed by atoms with van der Waals surface area (Å²) in [5.41, 5.74) is 5.75. The molecule has 4 aromatic rings. The smallest absolute Gasteiger partial charge is 0.262 e. The topological polar surface area (TPSA) is 141 Å². The van der Waals surface area contributed by atoms with Crippen LogP contribution in [0.15, 0.2) is 36.5 Å². The molecule has 0 bridgehead atoms. The maximum Gasteiger partial charge on any atom is 0.262 e. The Hall–Kier alpha value is -4.03. The highest BCUT2D eigenvalue weighted by atomic mass is 19.1. The van der Waals surface area contributed by atoms with Gasteiger partial charge in [0, 0.05) is 5.56 Å². The van der Waals surface area contributed by atoms with Gasteiger partial charge in [-0.1, -0.05) is 18.2 Å². The van der Waals surface area contributed by atoms with Gasteiger partial charge in [0.15, 0.2) is 17.1 Å². The van der Waals surface area contributed by atoms with E-state index in [2.05, 4.69) is 25.4 Å². The van der Waals surface area contributed by atoms with Gasteiger partial charge in [-0.2, -0.15) is 5.10 Å². The SMILES string of the molecule is CC1(OCCO)C(=O)Nc2nc(-c3nn(Cc4ccccc4F)c4ncc(F)cc34)nc(N)c21. The first-order chi connectivity index (χ1) is 16.3. The standard InChI is InChI=1S/C22H19F2N7O3/c1-22(34-7-6-32)15-17(25)27-19(28-18(15)29-21(22)33)16-13-8-12(23)9-26-20(13)31(30-16)10-11-4-2-3-5-14(11)24/h2-5,8-9,32H,6-7,10H2,1H3,(H3,25,27,28,29,33). The first kappa shape index (κ1) is 21.8. The van der Waals surface area contributed by atoms with E-state index in [-0.39, 0.29) is 48.5 Å². The maximum absolute atomic E-state index is 14.2. The molecule has 4 N–H and O–H groups in total. The minimum absolute atomic E-state index is 0.0210. The second kappa shape index (κ2) is 8.08. The maximum atomic E-state index is 14.2. The van der Waals surface area contributed by atoms with Crippen LogP contribution in [0.1, 0.15) is 18.1 Å². The number of nitrogen functional groups attached to an aromatic ring is 1. The zero-order chi connectivity index (χ0) is 24.0. The molecule has 0 aliphatic carbocycles. The van der Waals surface area contributed by atoms with Crippen molar-refractivity contribution in [2.75, 3.05) is 24.3 Å². The van der Waals surface area contributed by atoms with Crippen LogP contribution in [-0.4, -0.2) is 49.0 Å². The van der Waals surface area contributed by atoms with Crippen molar-refractivity contribution in [2.24, 2.45) is 0 Å². The molecule has 10 nitrogen and oxygen atoms in total. The Labute approximate surface area is 191 Å². The van der Waals surface area contributed by atoms with Gasteiger partial charge in [-0.05, 0) is 19.1 Å². The molecule has 3 aromatic heterocycles. The number of hydrogen-bond acceptors (Lipinski definition) is 8. The van der Waals surface area contributed by atoms with E-state index in [0.29, 0.717) is 16.6 Å². The number of carbonyl (C=O) groups excluding carboxylic acids is 1. The number of hydrogen-bond donors (Lipinski definition) is 3. The number of nitrogens with two attached hydrogens (primary N) is 1. The minimum Gasteiger partial charge on any atom is -0.394 e. The van der Waals surface area contributed by atoms with Crippen LogP contribution in [0.2, 0.25) is 0 Å². The number of nitrogens with one attached hydrogen (secondary N) is 1. The average molecular weight is 467 g/mol. The van der Waals surface area contributed by atoms with Crippen LogP contribution in [0, 0.1) is 11.6 Å². The van der Waals surface area contributed by atoms with Gasteiger partial charge in [0.1, 0.15) is 29.0 Å². The Bertz CT molecular complexity index is 1440. The van der Waals surface area contributed by atoms with Crippen molar-refractivity contribution in [3.63, 3.8) is 0 Å². The van der Waals surface area contributed by atoms with E-state index in [1.165, 1.54) is 23.7 Å². The van der Waals surface area contributed by atoms with Crippen LogP contribution < -0.4 is 11.1 Å². The van der Waals surface area contributed by atoms with Gasteiger partial charge in [-0.3, -0.25) is 4.79 Å². The fourth-order valence-corrected chi connectivity index (χ4v) is 3.97. The van der Waals surface area contributed by atoms with E-state index in [0.717, 1.165) is 6.20 Å². The number of halogens is 2. The number of rotatable bonds is 6. The van der Waals surface area contributed by atoms with Crippen LogP contribution in [0.4, 0.5) is 20.4 Å². The van der Waals surface area contributed by atoms with Gasteiger partial charge >= 0.3 is 0 Å². The second-order valence-corrected chi connectivity index (χ2v) is 7.84. The zero-order valence-electron chi connectivity index (χ0n) is 17.9. The van der Waals surface area contributed by atoms with Crippen LogP contribution in [0.5, 0.6) is 0 Å². The summed E-state index contributed by atoms with van der Waals surface area (Å²) < 4.78 is 35.3. The summed E-state index contributed by atoms with van der Waals surface area (Å²) in [5, 5.41) is 16.5. The molecule has 1 aliphatic heterocycles. The number of benzene rings is 1. The Morgan fingerprint density at radius 1 is 1.26 bits per heavy atom. The number of amides is 1. The first-order valence-corrected chi connectivity index (χ1v) is 10.3. The number of ether oxygens (including phenoxy) is 1. The zero-order valence-corrected chi connectivity index (χ0v) is 17.9. The molecule has 4 heterocycles. The van der Waals surface area contributed by atoms with E-state index in [1.807, 2.05) is 0 Å². The van der Waals surface area contributed by atoms with E-state index in [9.17, 15) is 13.6 Å². The summed E-state index contributed by atoms with van der Waals surface area (Å²) in [5.74, 6) is -1.44. The van der Waals surface area contributed by atoms with Gasteiger partial charge in [-0.25, -0.2) is 28.4 Å². The van der Waals surface area contributed by atoms with E-state index in [4.69, 9.17) is 15.6 Å². The molecule has 1 unspecified atom stereocenters. The molecule has 1 atom stereocenters. The molecule has 1 amide bonds. The fraction of sp³-hybridized carbons (Fsp3) is 0.227. The van der Waals surface area contributed by atoms with Gasteiger partial charge in [-0.15, -0.1) is 0 Å². The lowest BCUT2D eigenvalue weighted by Gasteiger charge is -2.22. The molecule has 0 radical (unpaired) electrons. The van der Waals surface area contributed by atoms with Gasteiger partial charge in [0.05, 0.1) is 36.9 Å². The molecule has 1 aromatic carbocycles. The summed E-state index contributed by atoms with van der Waals surface area (Å²) in [6.07, 6.45) is 1.04. The predicted octanol–water partition coefficient (Wildman–Crippen LogP) is 1.97. The van der Waals surface area contributed by atoms with Crippen molar-refractivity contribution in [2.45, 2.75) is 19.1 Å². The summed E-state index contributed by atoms with van der Waals surface area (Å²) in [6.45, 7) is 1.15. The molecule has 1 aliphatic rings. The number of anilines is 2. The molecule has 0 saturated carbocycles. The highest BCUT2D eigenvalue weighted by Crippen LogP contribution is 2.41. The number of pyridine rings is 1. The minimum atomic E-state index is -1.49. The summed E-state index contributed by atoms with van der Waals surface area (Å²) in [4.78, 5) is 25.4. The Balaban J connectivity index is 1.64. The Morgan fingerprint density at radius 2 is 2.06 bits per heavy atom. The predicted molar refractivity (Wildman–Crippen MR) is 117 cm³/mol. The molecule has 12 heteroatoms. The number of carbonyl (C=O) groups is 1. The molecule has 0 fully saturated rings. The van der Waals surface area contributed by atoms with Crippen molar-refractivity contribution in [1.29, 1.82) is 0 Å². The third-order valence-electron chi connectivity index (χ3n) is 5.60. The van der Waals surface area contributed by atoms with Crippen molar-refractivity contribution in [1.82, 2.24) is 24.7 Å². The number of nitrogens with zero attached hydrogens (tertiary/aromatic N) is 5. The van der Waals surface area contributed by atoms with Crippen molar-refractivity contribution >= 4 is 28.6 Å². The van der Waals surface area contributed by atoms with Gasteiger partial charge in [0.25, 0.3) is 5.91 Å². The van der Waals surface area contributed by atoms with E-state index >= 15 is 0 Å². The number of aromatic nitrogens is 5. The first-order valence-electron chi connectivity index (χ1n) is 10.3. The lowest BCUT2D eigenvalue weighted by molar-refractivity contribution is -0.140. The van der Waals surface area contributed by atoms with Crippen LogP contribution >= 0.6 is 0 Å². The summed E-state index contributed by atoms with van der Waals surface area (Å²) in [6, 6.07) is 7.44. The molecule has 34 heavy (non-hydrogen) atoms. The highest BCUT2D eigenvalue weighted by Gasteiger charge is 2.47. The van der Waals surface area contributed by atoms with Crippen LogP contribution in [0.3, 0.4) is 0 Å². The number of aliphatic hydroxyl groups excluding tert-OH is 1. The van der Waals surface area contributed by atoms with Crippen LogP contribution in [-0.2, 0) is 21.7 Å². The lowest BCUT2D eigenvalue weighted by Crippen LogP contribution is -2.35. The molecule has 5 rings (SSSR count). The highest BCUT2D eigenvalue weighted by molar-refractivity contribution is 6.05. The number of fused-ring (bicyclic) bond motifs is 2. The second-order valence-electron chi connectivity index (χ2n) is 7.84. The monoisotopic (exact) mass is 467 g/mol. The van der Waals surface area contributed by atoms with E-state index < -0.39 is 23.1 Å². The summed E-state index contributed by atoms with van der Waals surface area (Å²) in [7, 11) is 0. The Morgan fingerprint density at radius 3 is 2.82 bits per heavy atom. The van der Waals surface area contributed by atoms with E-state index in [1.54, 1.807) is 18.2 Å². The molecular weight excluding hydrogens is 448 g/mol. The Kier molecular flexibility index (Phi) is 5.18. The fourth-order valence-electron chi connectivity index (χ4n) is 3.97. The third kappa shape index (κ3) is 3.43.